The number of imide groups is 1. The Bertz CT molecular complexity index is 354. The third-order valence-corrected chi connectivity index (χ3v) is 4.45. The van der Waals surface area contributed by atoms with E-state index in [0.717, 1.165) is 25.9 Å². The molecule has 2 amide bonds. The van der Waals surface area contributed by atoms with Crippen LogP contribution in [0.1, 0.15) is 32.6 Å². The van der Waals surface area contributed by atoms with Gasteiger partial charge in [0.1, 0.15) is 12.2 Å². The molecule has 3 aliphatic rings. The van der Waals surface area contributed by atoms with Gasteiger partial charge in [-0.15, -0.1) is 0 Å². The first kappa shape index (κ1) is 12.1. The molecule has 18 heavy (non-hydrogen) atoms. The molecule has 5 heteroatoms. The summed E-state index contributed by atoms with van der Waals surface area (Å²) in [6, 6.07) is 0. The molecule has 0 radical (unpaired) electrons. The van der Waals surface area contributed by atoms with Gasteiger partial charge in [-0.1, -0.05) is 6.92 Å². The van der Waals surface area contributed by atoms with Crippen LogP contribution in [-0.4, -0.2) is 48.6 Å². The number of fused-ring (bicyclic) bond motifs is 2. The van der Waals surface area contributed by atoms with Crippen LogP contribution in [0, 0.1) is 5.41 Å². The summed E-state index contributed by atoms with van der Waals surface area (Å²) in [7, 11) is 0. The molecule has 3 saturated heterocycles. The maximum Gasteiger partial charge on any atom is 0.258 e. The number of carbonyl (C=O) groups is 2. The van der Waals surface area contributed by atoms with Crippen molar-refractivity contribution in [1.82, 2.24) is 10.2 Å². The van der Waals surface area contributed by atoms with Crippen LogP contribution in [0.5, 0.6) is 0 Å². The van der Waals surface area contributed by atoms with Crippen molar-refractivity contribution in [1.29, 1.82) is 0 Å². The van der Waals surface area contributed by atoms with E-state index in [4.69, 9.17) is 4.74 Å². The number of piperidine rings is 1. The molecular formula is C13H20N2O3. The summed E-state index contributed by atoms with van der Waals surface area (Å²) in [5.74, 6) is -0.234. The molecule has 0 aromatic rings. The summed E-state index contributed by atoms with van der Waals surface area (Å²) >= 11 is 0. The van der Waals surface area contributed by atoms with Gasteiger partial charge >= 0.3 is 0 Å². The molecule has 1 N–H and O–H groups in total. The fourth-order valence-corrected chi connectivity index (χ4v) is 3.18. The minimum Gasteiger partial charge on any atom is -0.355 e. The first-order valence-electron chi connectivity index (χ1n) is 6.80. The van der Waals surface area contributed by atoms with Crippen LogP contribution < -0.4 is 5.32 Å². The Labute approximate surface area is 107 Å². The van der Waals surface area contributed by atoms with Crippen LogP contribution in [0.15, 0.2) is 0 Å². The van der Waals surface area contributed by atoms with E-state index in [0.29, 0.717) is 19.4 Å². The summed E-state index contributed by atoms with van der Waals surface area (Å²) in [5.41, 5.74) is 0.0628. The lowest BCUT2D eigenvalue weighted by Crippen LogP contribution is -2.55. The number of nitrogens with one attached hydrogen (secondary N) is 1. The van der Waals surface area contributed by atoms with Gasteiger partial charge in [-0.2, -0.15) is 0 Å². The van der Waals surface area contributed by atoms with Gasteiger partial charge in [0, 0.05) is 6.54 Å². The molecule has 0 aromatic carbocycles. The number of hydrogen-bond acceptors (Lipinski definition) is 4. The molecule has 3 aliphatic heterocycles. The van der Waals surface area contributed by atoms with Gasteiger partial charge in [-0.25, -0.2) is 0 Å². The highest BCUT2D eigenvalue weighted by Crippen LogP contribution is 2.34. The Kier molecular flexibility index (Phi) is 2.90. The number of likely N-dealkylation sites (tertiary alicyclic amines) is 1. The molecule has 3 heterocycles. The molecular weight excluding hydrogens is 232 g/mol. The molecule has 0 aromatic heterocycles. The fraction of sp³-hybridized carbons (Fsp3) is 0.846. The van der Waals surface area contributed by atoms with Crippen molar-refractivity contribution in [2.45, 2.75) is 44.8 Å². The maximum absolute atomic E-state index is 12.2. The minimum atomic E-state index is -0.363. The molecule has 3 rings (SSSR count). The number of hydrogen-bond donors (Lipinski definition) is 1. The predicted octanol–water partition coefficient (Wildman–Crippen LogP) is 0.293. The number of nitrogens with zero attached hydrogens (tertiary/aromatic N) is 1. The highest BCUT2D eigenvalue weighted by molar-refractivity contribution is 6.02. The second-order valence-corrected chi connectivity index (χ2v) is 6.01. The van der Waals surface area contributed by atoms with Crippen molar-refractivity contribution in [2.75, 3.05) is 19.6 Å². The topological polar surface area (TPSA) is 58.6 Å². The predicted molar refractivity (Wildman–Crippen MR) is 64.8 cm³/mol. The van der Waals surface area contributed by atoms with Crippen LogP contribution in [-0.2, 0) is 14.3 Å². The van der Waals surface area contributed by atoms with E-state index >= 15 is 0 Å². The van der Waals surface area contributed by atoms with Gasteiger partial charge in [0.25, 0.3) is 11.8 Å². The van der Waals surface area contributed by atoms with Crippen molar-refractivity contribution in [3.63, 3.8) is 0 Å². The van der Waals surface area contributed by atoms with Gasteiger partial charge in [0.15, 0.2) is 0 Å². The smallest absolute Gasteiger partial charge is 0.258 e. The van der Waals surface area contributed by atoms with E-state index in [9.17, 15) is 9.59 Å². The summed E-state index contributed by atoms with van der Waals surface area (Å²) in [6.45, 7) is 4.67. The Morgan fingerprint density at radius 1 is 1.22 bits per heavy atom. The molecule has 2 atom stereocenters. The quantitative estimate of drug-likeness (QED) is 0.718. The summed E-state index contributed by atoms with van der Waals surface area (Å²) in [4.78, 5) is 25.8. The standard InChI is InChI=1S/C13H20N2O3/c1-13(4-6-14-7-5-13)8-15-11(16)9-2-3-10(18-9)12(15)17/h9-10,14H,2-8H2,1H3. The van der Waals surface area contributed by atoms with Crippen molar-refractivity contribution in [2.24, 2.45) is 5.41 Å². The van der Waals surface area contributed by atoms with E-state index in [2.05, 4.69) is 12.2 Å². The molecule has 100 valence electrons. The number of amides is 2. The molecule has 0 spiro atoms. The number of rotatable bonds is 2. The number of ether oxygens (including phenoxy) is 1. The van der Waals surface area contributed by atoms with Crippen LogP contribution >= 0.6 is 0 Å². The number of carbonyl (C=O) groups excluding carboxylic acids is 2. The monoisotopic (exact) mass is 252 g/mol. The van der Waals surface area contributed by atoms with Crippen LogP contribution in [0.4, 0.5) is 0 Å². The van der Waals surface area contributed by atoms with Gasteiger partial charge < -0.3 is 10.1 Å². The van der Waals surface area contributed by atoms with E-state index < -0.39 is 0 Å². The zero-order valence-corrected chi connectivity index (χ0v) is 10.8. The fourth-order valence-electron chi connectivity index (χ4n) is 3.18. The van der Waals surface area contributed by atoms with E-state index in [-0.39, 0.29) is 29.4 Å². The Morgan fingerprint density at radius 3 is 2.33 bits per heavy atom. The molecule has 5 nitrogen and oxygen atoms in total. The highest BCUT2D eigenvalue weighted by Gasteiger charge is 2.48. The SMILES string of the molecule is CC1(CN2C(=O)C3CCC(O3)C2=O)CCNCC1. The minimum absolute atomic E-state index is 0.0628. The lowest BCUT2D eigenvalue weighted by molar-refractivity contribution is -0.170. The summed E-state index contributed by atoms with van der Waals surface area (Å²) in [5, 5.41) is 3.32. The molecule has 3 fully saturated rings. The van der Waals surface area contributed by atoms with Gasteiger partial charge in [0.2, 0.25) is 0 Å². The van der Waals surface area contributed by atoms with Gasteiger partial charge in [0.05, 0.1) is 0 Å². The van der Waals surface area contributed by atoms with E-state index in [1.54, 1.807) is 0 Å². The first-order chi connectivity index (χ1) is 8.59. The third kappa shape index (κ3) is 1.95. The van der Waals surface area contributed by atoms with E-state index in [1.807, 2.05) is 0 Å². The Hall–Kier alpha value is -0.940. The number of morpholine rings is 1. The van der Waals surface area contributed by atoms with Crippen LogP contribution in [0.2, 0.25) is 0 Å². The molecule has 2 bridgehead atoms. The molecule has 0 aliphatic carbocycles. The molecule has 0 saturated carbocycles. The average molecular weight is 252 g/mol. The van der Waals surface area contributed by atoms with Gasteiger partial charge in [-0.05, 0) is 44.2 Å². The van der Waals surface area contributed by atoms with Crippen LogP contribution in [0.25, 0.3) is 0 Å². The van der Waals surface area contributed by atoms with Crippen molar-refractivity contribution >= 4 is 11.8 Å². The average Bonchev–Trinajstić information content (AvgIpc) is 2.80. The first-order valence-corrected chi connectivity index (χ1v) is 6.80. The maximum atomic E-state index is 12.2. The van der Waals surface area contributed by atoms with Crippen molar-refractivity contribution in [3.05, 3.63) is 0 Å². The van der Waals surface area contributed by atoms with Crippen LogP contribution in [0.3, 0.4) is 0 Å². The third-order valence-electron chi connectivity index (χ3n) is 4.45. The Balaban J connectivity index is 1.75. The van der Waals surface area contributed by atoms with Crippen molar-refractivity contribution < 1.29 is 14.3 Å². The second-order valence-electron chi connectivity index (χ2n) is 6.01. The zero-order valence-electron chi connectivity index (χ0n) is 10.8. The second kappa shape index (κ2) is 4.31. The summed E-state index contributed by atoms with van der Waals surface area (Å²) in [6.07, 6.45) is 2.70. The normalized spacial score (nSPS) is 35.1. The highest BCUT2D eigenvalue weighted by atomic mass is 16.5. The Morgan fingerprint density at radius 2 is 1.78 bits per heavy atom. The lowest BCUT2D eigenvalue weighted by Gasteiger charge is -2.40. The van der Waals surface area contributed by atoms with E-state index in [1.165, 1.54) is 4.90 Å². The van der Waals surface area contributed by atoms with Gasteiger partial charge in [-0.3, -0.25) is 14.5 Å². The van der Waals surface area contributed by atoms with Crippen molar-refractivity contribution in [3.8, 4) is 0 Å². The largest absolute Gasteiger partial charge is 0.355 e. The lowest BCUT2D eigenvalue weighted by atomic mass is 9.80. The zero-order chi connectivity index (χ0) is 12.8. The molecule has 2 unspecified atom stereocenters. The summed E-state index contributed by atoms with van der Waals surface area (Å²) < 4.78 is 5.42.